The molecule has 0 aliphatic carbocycles. The number of carbonyl (C=O) groups excluding carboxylic acids is 2. The fourth-order valence-electron chi connectivity index (χ4n) is 5.87. The van der Waals surface area contributed by atoms with Crippen molar-refractivity contribution in [3.63, 3.8) is 0 Å². The number of aliphatic carboxylic acids is 1. The third-order valence-corrected chi connectivity index (χ3v) is 7.87. The van der Waals surface area contributed by atoms with Gasteiger partial charge < -0.3 is 19.8 Å². The van der Waals surface area contributed by atoms with Gasteiger partial charge >= 0.3 is 18.0 Å². The number of para-hydroxylation sites is 2. The van der Waals surface area contributed by atoms with Crippen molar-refractivity contribution in [2.24, 2.45) is 0 Å². The molecule has 3 aromatic rings. The van der Waals surface area contributed by atoms with Gasteiger partial charge in [-0.25, -0.2) is 14.4 Å². The highest BCUT2D eigenvalue weighted by atomic mass is 16.4. The summed E-state index contributed by atoms with van der Waals surface area (Å²) in [5.41, 5.74) is 3.47. The number of hydrogen-bond acceptors (Lipinski definition) is 3. The van der Waals surface area contributed by atoms with Crippen LogP contribution < -0.4 is 4.90 Å². The number of carboxylic acid groups (broad SMARTS) is 1. The van der Waals surface area contributed by atoms with Crippen LogP contribution in [0, 0.1) is 6.92 Å². The predicted octanol–water partition coefficient (Wildman–Crippen LogP) is 5.50. The monoisotopic (exact) mass is 526 g/mol. The molecule has 5 rings (SSSR count). The minimum atomic E-state index is -1.15. The van der Waals surface area contributed by atoms with E-state index in [9.17, 15) is 19.5 Å². The summed E-state index contributed by atoms with van der Waals surface area (Å²) < 4.78 is 0. The first-order chi connectivity index (χ1) is 18.9. The van der Waals surface area contributed by atoms with E-state index in [1.54, 1.807) is 14.7 Å². The van der Waals surface area contributed by atoms with Crippen molar-refractivity contribution in [2.75, 3.05) is 18.0 Å². The molecule has 39 heavy (non-hydrogen) atoms. The zero-order chi connectivity index (χ0) is 27.5. The van der Waals surface area contributed by atoms with Crippen LogP contribution in [0.25, 0.3) is 0 Å². The number of urea groups is 2. The lowest BCUT2D eigenvalue weighted by molar-refractivity contribution is -0.145. The van der Waals surface area contributed by atoms with Crippen LogP contribution in [0.1, 0.15) is 30.9 Å². The van der Waals surface area contributed by atoms with E-state index in [4.69, 9.17) is 0 Å². The van der Waals surface area contributed by atoms with Crippen LogP contribution in [0.3, 0.4) is 0 Å². The quantitative estimate of drug-likeness (QED) is 0.460. The predicted molar refractivity (Wildman–Crippen MR) is 150 cm³/mol. The molecule has 2 aliphatic heterocycles. The van der Waals surface area contributed by atoms with Crippen LogP contribution in [0.2, 0.25) is 0 Å². The largest absolute Gasteiger partial charge is 0.480 e. The fraction of sp³-hybridized carbons (Fsp3) is 0.323. The summed E-state index contributed by atoms with van der Waals surface area (Å²) in [6.07, 6.45) is 1.19. The third kappa shape index (κ3) is 5.06. The molecule has 3 atom stereocenters. The Labute approximate surface area is 229 Å². The topological polar surface area (TPSA) is 84.4 Å². The lowest BCUT2D eigenvalue weighted by Crippen LogP contribution is -2.67. The molecular weight excluding hydrogens is 492 g/mol. The van der Waals surface area contributed by atoms with Gasteiger partial charge in [0, 0.05) is 19.6 Å². The number of benzene rings is 3. The molecule has 2 bridgehead atoms. The van der Waals surface area contributed by atoms with E-state index < -0.39 is 24.1 Å². The lowest BCUT2D eigenvalue weighted by Gasteiger charge is -2.47. The number of amides is 4. The molecule has 4 amide bonds. The lowest BCUT2D eigenvalue weighted by atomic mass is 10.0. The summed E-state index contributed by atoms with van der Waals surface area (Å²) >= 11 is 0. The van der Waals surface area contributed by atoms with E-state index in [-0.39, 0.29) is 18.6 Å². The maximum absolute atomic E-state index is 14.2. The highest BCUT2D eigenvalue weighted by Crippen LogP contribution is 2.38. The van der Waals surface area contributed by atoms with Gasteiger partial charge in [-0.1, -0.05) is 60.7 Å². The van der Waals surface area contributed by atoms with Crippen molar-refractivity contribution in [3.05, 3.63) is 96.1 Å². The third-order valence-electron chi connectivity index (χ3n) is 7.87. The second-order valence-electron chi connectivity index (χ2n) is 10.2. The van der Waals surface area contributed by atoms with Gasteiger partial charge in [0.1, 0.15) is 0 Å². The molecule has 3 aromatic carbocycles. The number of likely N-dealkylation sites (tertiary alicyclic amines) is 1. The molecule has 0 spiro atoms. The van der Waals surface area contributed by atoms with E-state index in [1.807, 2.05) is 98.8 Å². The van der Waals surface area contributed by atoms with Crippen LogP contribution in [-0.4, -0.2) is 69.1 Å². The molecule has 0 aromatic heterocycles. The molecule has 1 N–H and O–H groups in total. The number of rotatable bonds is 6. The van der Waals surface area contributed by atoms with Crippen molar-refractivity contribution in [1.29, 1.82) is 0 Å². The zero-order valence-electron chi connectivity index (χ0n) is 22.3. The number of carbonyl (C=O) groups is 3. The summed E-state index contributed by atoms with van der Waals surface area (Å²) in [5, 5.41) is 10.4. The van der Waals surface area contributed by atoms with E-state index in [0.29, 0.717) is 37.3 Å². The molecule has 0 radical (unpaired) electrons. The normalized spacial score (nSPS) is 20.0. The molecular formula is C31H34N4O4. The van der Waals surface area contributed by atoms with E-state index in [0.717, 1.165) is 11.1 Å². The number of nitrogens with zero attached hydrogens (tertiary/aromatic N) is 4. The van der Waals surface area contributed by atoms with Gasteiger partial charge in [0.15, 0.2) is 6.04 Å². The van der Waals surface area contributed by atoms with E-state index >= 15 is 0 Å². The standard InChI is InChI=1S/C31H34N4O4/c1-3-32(20-23-13-11-10-12-22(23)2)30(38)35-26-18-19-27(35)28(29(36)37)33(21-26)31(39)34(24-14-6-4-7-15-24)25-16-8-5-9-17-25/h4-17,26-28H,3,18-21H2,1-2H3,(H,36,37)/t26-,27?,28-/m0/s1. The molecule has 2 fully saturated rings. The highest BCUT2D eigenvalue weighted by molar-refractivity contribution is 6.01. The molecule has 2 aliphatic rings. The summed E-state index contributed by atoms with van der Waals surface area (Å²) in [7, 11) is 0. The number of aryl methyl sites for hydroxylation is 1. The smallest absolute Gasteiger partial charge is 0.329 e. The average molecular weight is 527 g/mol. The average Bonchev–Trinajstić information content (AvgIpc) is 3.25. The fourth-order valence-corrected chi connectivity index (χ4v) is 5.87. The van der Waals surface area contributed by atoms with Gasteiger partial charge in [-0.3, -0.25) is 4.90 Å². The number of piperazine rings is 1. The van der Waals surface area contributed by atoms with Crippen molar-refractivity contribution in [2.45, 2.75) is 51.4 Å². The van der Waals surface area contributed by atoms with Gasteiger partial charge in [0.2, 0.25) is 0 Å². The van der Waals surface area contributed by atoms with Gasteiger partial charge in [-0.05, 0) is 62.1 Å². The van der Waals surface area contributed by atoms with Gasteiger partial charge in [0.25, 0.3) is 0 Å². The van der Waals surface area contributed by atoms with Gasteiger partial charge in [0.05, 0.1) is 23.5 Å². The van der Waals surface area contributed by atoms with Crippen LogP contribution in [-0.2, 0) is 11.3 Å². The molecule has 202 valence electrons. The van der Waals surface area contributed by atoms with E-state index in [2.05, 4.69) is 0 Å². The van der Waals surface area contributed by atoms with Crippen LogP contribution >= 0.6 is 0 Å². The van der Waals surface area contributed by atoms with Crippen LogP contribution in [0.15, 0.2) is 84.9 Å². The first-order valence-electron chi connectivity index (χ1n) is 13.5. The molecule has 2 saturated heterocycles. The second kappa shape index (κ2) is 11.2. The second-order valence-corrected chi connectivity index (χ2v) is 10.2. The number of anilines is 2. The van der Waals surface area contributed by atoms with Crippen molar-refractivity contribution in [1.82, 2.24) is 14.7 Å². The number of carboxylic acids is 1. The summed E-state index contributed by atoms with van der Waals surface area (Å²) in [5.74, 6) is -1.10. The Bertz CT molecular complexity index is 1290. The van der Waals surface area contributed by atoms with E-state index in [1.165, 1.54) is 4.90 Å². The summed E-state index contributed by atoms with van der Waals surface area (Å²) in [6.45, 7) is 5.07. The maximum atomic E-state index is 14.2. The Hall–Kier alpha value is -4.33. The van der Waals surface area contributed by atoms with Crippen molar-refractivity contribution in [3.8, 4) is 0 Å². The SMILES string of the molecule is CCN(Cc1ccccc1C)C(=O)N1C2CC[C@H]1CN(C(=O)N(c1ccccc1)c1ccccc1)[C@@H]2C(=O)O. The van der Waals surface area contributed by atoms with Crippen molar-refractivity contribution < 1.29 is 19.5 Å². The van der Waals surface area contributed by atoms with Crippen LogP contribution in [0.4, 0.5) is 21.0 Å². The minimum Gasteiger partial charge on any atom is -0.480 e. The number of hydrogen-bond donors (Lipinski definition) is 1. The molecule has 0 saturated carbocycles. The minimum absolute atomic E-state index is 0.163. The summed E-state index contributed by atoms with van der Waals surface area (Å²) in [6, 6.07) is 23.9. The highest BCUT2D eigenvalue weighted by Gasteiger charge is 2.54. The molecule has 1 unspecified atom stereocenters. The Morgan fingerprint density at radius 2 is 1.44 bits per heavy atom. The Balaban J connectivity index is 1.44. The Morgan fingerprint density at radius 3 is 2.00 bits per heavy atom. The van der Waals surface area contributed by atoms with Gasteiger partial charge in [-0.15, -0.1) is 0 Å². The molecule has 2 heterocycles. The van der Waals surface area contributed by atoms with Gasteiger partial charge in [-0.2, -0.15) is 0 Å². The molecule has 8 nitrogen and oxygen atoms in total. The summed E-state index contributed by atoms with van der Waals surface area (Å²) in [4.78, 5) is 47.3. The number of fused-ring (bicyclic) bond motifs is 2. The Kier molecular flexibility index (Phi) is 7.54. The molecule has 8 heteroatoms. The van der Waals surface area contributed by atoms with Crippen molar-refractivity contribution >= 4 is 29.4 Å². The maximum Gasteiger partial charge on any atom is 0.329 e. The Morgan fingerprint density at radius 1 is 0.846 bits per heavy atom. The van der Waals surface area contributed by atoms with Crippen LogP contribution in [0.5, 0.6) is 0 Å². The zero-order valence-corrected chi connectivity index (χ0v) is 22.3. The first kappa shape index (κ1) is 26.3. The first-order valence-corrected chi connectivity index (χ1v) is 13.5.